The first-order valence-corrected chi connectivity index (χ1v) is 5.37. The number of aryl methyl sites for hydroxylation is 1. The van der Waals surface area contributed by atoms with Gasteiger partial charge in [0.25, 0.3) is 0 Å². The van der Waals surface area contributed by atoms with Crippen molar-refractivity contribution in [2.45, 2.75) is 26.2 Å². The number of benzene rings is 1. The van der Waals surface area contributed by atoms with Crippen molar-refractivity contribution in [1.82, 2.24) is 0 Å². The second-order valence-electron chi connectivity index (χ2n) is 3.68. The van der Waals surface area contributed by atoms with Crippen LogP contribution in [-0.4, -0.2) is 6.21 Å². The summed E-state index contributed by atoms with van der Waals surface area (Å²) >= 11 is 0. The summed E-state index contributed by atoms with van der Waals surface area (Å²) in [5.74, 6) is 0.952. The summed E-state index contributed by atoms with van der Waals surface area (Å²) in [6.45, 7) is 2.16. The summed E-state index contributed by atoms with van der Waals surface area (Å²) in [4.78, 5) is 0. The first kappa shape index (κ1) is 9.97. The van der Waals surface area contributed by atoms with Gasteiger partial charge < -0.3 is 9.83 Å². The third-order valence-electron chi connectivity index (χ3n) is 2.61. The zero-order valence-electron chi connectivity index (χ0n) is 8.92. The van der Waals surface area contributed by atoms with Gasteiger partial charge in [0.1, 0.15) is 11.3 Å². The van der Waals surface area contributed by atoms with Crippen molar-refractivity contribution in [2.75, 3.05) is 0 Å². The number of para-hydroxylation sites is 1. The quantitative estimate of drug-likeness (QED) is 0.751. The van der Waals surface area contributed by atoms with Crippen molar-refractivity contribution in [1.29, 1.82) is 5.41 Å². The predicted molar refractivity (Wildman–Crippen MR) is 62.7 cm³/mol. The molecule has 0 aliphatic carbocycles. The Bertz CT molecular complexity index is 470. The van der Waals surface area contributed by atoms with Crippen LogP contribution in [0.15, 0.2) is 28.7 Å². The van der Waals surface area contributed by atoms with Crippen LogP contribution in [-0.2, 0) is 6.42 Å². The second kappa shape index (κ2) is 4.30. The number of nitrogens with one attached hydrogen (secondary N) is 1. The average molecular weight is 201 g/mol. The molecule has 0 aliphatic rings. The SMILES string of the molecule is CCCCc1oc2ccccc2c1C=N. The van der Waals surface area contributed by atoms with Crippen LogP contribution in [0.5, 0.6) is 0 Å². The monoisotopic (exact) mass is 201 g/mol. The lowest BCUT2D eigenvalue weighted by Crippen LogP contribution is -1.87. The summed E-state index contributed by atoms with van der Waals surface area (Å²) < 4.78 is 5.74. The fourth-order valence-electron chi connectivity index (χ4n) is 1.80. The van der Waals surface area contributed by atoms with Gasteiger partial charge in [-0.1, -0.05) is 31.5 Å². The molecular weight excluding hydrogens is 186 g/mol. The molecule has 0 unspecified atom stereocenters. The fraction of sp³-hybridized carbons (Fsp3) is 0.308. The maximum atomic E-state index is 7.43. The largest absolute Gasteiger partial charge is 0.460 e. The Balaban J connectivity index is 2.49. The Morgan fingerprint density at radius 3 is 2.87 bits per heavy atom. The van der Waals surface area contributed by atoms with Gasteiger partial charge in [0.2, 0.25) is 0 Å². The molecule has 0 spiro atoms. The van der Waals surface area contributed by atoms with Gasteiger partial charge in [0.15, 0.2) is 0 Å². The topological polar surface area (TPSA) is 37.0 Å². The van der Waals surface area contributed by atoms with E-state index in [-0.39, 0.29) is 0 Å². The number of unbranched alkanes of at least 4 members (excludes halogenated alkanes) is 1. The van der Waals surface area contributed by atoms with Crippen LogP contribution in [0.25, 0.3) is 11.0 Å². The van der Waals surface area contributed by atoms with Crippen molar-refractivity contribution in [3.63, 3.8) is 0 Å². The molecule has 78 valence electrons. The first-order valence-electron chi connectivity index (χ1n) is 5.37. The van der Waals surface area contributed by atoms with E-state index < -0.39 is 0 Å². The fourth-order valence-corrected chi connectivity index (χ4v) is 1.80. The average Bonchev–Trinajstić information content (AvgIpc) is 2.63. The highest BCUT2D eigenvalue weighted by atomic mass is 16.3. The predicted octanol–water partition coefficient (Wildman–Crippen LogP) is 3.77. The smallest absolute Gasteiger partial charge is 0.134 e. The highest BCUT2D eigenvalue weighted by Gasteiger charge is 2.10. The third kappa shape index (κ3) is 1.80. The number of furan rings is 1. The molecule has 0 bridgehead atoms. The van der Waals surface area contributed by atoms with Crippen molar-refractivity contribution in [3.05, 3.63) is 35.6 Å². The minimum Gasteiger partial charge on any atom is -0.460 e. The molecule has 2 aromatic rings. The number of rotatable bonds is 4. The highest BCUT2D eigenvalue weighted by Crippen LogP contribution is 2.25. The zero-order chi connectivity index (χ0) is 10.7. The molecule has 2 nitrogen and oxygen atoms in total. The Morgan fingerprint density at radius 2 is 2.13 bits per heavy atom. The summed E-state index contributed by atoms with van der Waals surface area (Å²) in [7, 11) is 0. The van der Waals surface area contributed by atoms with Gasteiger partial charge in [-0.05, 0) is 12.5 Å². The number of hydrogen-bond donors (Lipinski definition) is 1. The van der Waals surface area contributed by atoms with Crippen LogP contribution in [0.3, 0.4) is 0 Å². The Hall–Kier alpha value is -1.57. The van der Waals surface area contributed by atoms with Crippen LogP contribution in [0.1, 0.15) is 31.1 Å². The van der Waals surface area contributed by atoms with Crippen LogP contribution >= 0.6 is 0 Å². The van der Waals surface area contributed by atoms with E-state index >= 15 is 0 Å². The van der Waals surface area contributed by atoms with Gasteiger partial charge in [-0.3, -0.25) is 0 Å². The normalized spacial score (nSPS) is 10.7. The second-order valence-corrected chi connectivity index (χ2v) is 3.68. The zero-order valence-corrected chi connectivity index (χ0v) is 8.92. The molecule has 0 fully saturated rings. The van der Waals surface area contributed by atoms with Crippen LogP contribution in [0, 0.1) is 5.41 Å². The molecular formula is C13H15NO. The van der Waals surface area contributed by atoms with E-state index in [0.717, 1.165) is 41.6 Å². The molecule has 1 aromatic heterocycles. The molecule has 0 atom stereocenters. The summed E-state index contributed by atoms with van der Waals surface area (Å²) in [6.07, 6.45) is 4.59. The Morgan fingerprint density at radius 1 is 1.33 bits per heavy atom. The molecule has 15 heavy (non-hydrogen) atoms. The van der Waals surface area contributed by atoms with Gasteiger partial charge in [-0.25, -0.2) is 0 Å². The summed E-state index contributed by atoms with van der Waals surface area (Å²) in [6, 6.07) is 7.91. The molecule has 1 heterocycles. The van der Waals surface area contributed by atoms with E-state index in [1.54, 1.807) is 0 Å². The number of fused-ring (bicyclic) bond motifs is 1. The molecule has 2 rings (SSSR count). The lowest BCUT2D eigenvalue weighted by Gasteiger charge is -1.95. The van der Waals surface area contributed by atoms with E-state index in [1.165, 1.54) is 6.21 Å². The van der Waals surface area contributed by atoms with E-state index in [4.69, 9.17) is 9.83 Å². The molecule has 0 radical (unpaired) electrons. The summed E-state index contributed by atoms with van der Waals surface area (Å²) in [5, 5.41) is 8.49. The van der Waals surface area contributed by atoms with Gasteiger partial charge >= 0.3 is 0 Å². The molecule has 0 saturated heterocycles. The van der Waals surface area contributed by atoms with Gasteiger partial charge in [-0.2, -0.15) is 0 Å². The molecule has 2 heteroatoms. The molecule has 0 amide bonds. The van der Waals surface area contributed by atoms with Crippen molar-refractivity contribution in [3.8, 4) is 0 Å². The summed E-state index contributed by atoms with van der Waals surface area (Å²) in [5.41, 5.74) is 1.83. The van der Waals surface area contributed by atoms with E-state index in [1.807, 2.05) is 24.3 Å². The van der Waals surface area contributed by atoms with Crippen molar-refractivity contribution < 1.29 is 4.42 Å². The van der Waals surface area contributed by atoms with Gasteiger partial charge in [-0.15, -0.1) is 0 Å². The van der Waals surface area contributed by atoms with E-state index in [2.05, 4.69) is 6.92 Å². The highest BCUT2D eigenvalue weighted by molar-refractivity contribution is 5.98. The molecule has 1 N–H and O–H groups in total. The molecule has 1 aromatic carbocycles. The van der Waals surface area contributed by atoms with Crippen molar-refractivity contribution in [2.24, 2.45) is 0 Å². The van der Waals surface area contributed by atoms with Gasteiger partial charge in [0, 0.05) is 23.6 Å². The van der Waals surface area contributed by atoms with Crippen LogP contribution in [0.2, 0.25) is 0 Å². The minimum atomic E-state index is 0.891. The molecule has 0 aliphatic heterocycles. The van der Waals surface area contributed by atoms with E-state index in [9.17, 15) is 0 Å². The number of hydrogen-bond acceptors (Lipinski definition) is 2. The Labute approximate surface area is 89.4 Å². The Kier molecular flexibility index (Phi) is 2.86. The maximum Gasteiger partial charge on any atom is 0.134 e. The first-order chi connectivity index (χ1) is 7.36. The third-order valence-corrected chi connectivity index (χ3v) is 2.61. The lowest BCUT2D eigenvalue weighted by atomic mass is 10.1. The van der Waals surface area contributed by atoms with Crippen LogP contribution in [0.4, 0.5) is 0 Å². The van der Waals surface area contributed by atoms with E-state index in [0.29, 0.717) is 0 Å². The van der Waals surface area contributed by atoms with Crippen molar-refractivity contribution >= 4 is 17.2 Å². The molecule has 0 saturated carbocycles. The van der Waals surface area contributed by atoms with Crippen LogP contribution < -0.4 is 0 Å². The maximum absolute atomic E-state index is 7.43. The standard InChI is InChI=1S/C13H15NO/c1-2-3-7-13-11(9-14)10-6-4-5-8-12(10)15-13/h4-6,8-9,14H,2-3,7H2,1H3. The lowest BCUT2D eigenvalue weighted by molar-refractivity contribution is 0.536. The minimum absolute atomic E-state index is 0.891. The van der Waals surface area contributed by atoms with Gasteiger partial charge in [0.05, 0.1) is 0 Å².